The summed E-state index contributed by atoms with van der Waals surface area (Å²) in [6.45, 7) is 5.02. The number of anilines is 1. The Morgan fingerprint density at radius 2 is 1.78 bits per heavy atom. The molecular formula is C27H29N3O5S. The number of aryl methyl sites for hydroxylation is 1. The SMILES string of the molecule is Cc1ccccc1NC(=O)COc1ccc(/C=C2\SC(=O)N(CC(=O)N3CCC(C)CC3)C2=O)cc1. The van der Waals surface area contributed by atoms with E-state index in [4.69, 9.17) is 4.74 Å². The van der Waals surface area contributed by atoms with Crippen LogP contribution in [-0.2, 0) is 14.4 Å². The van der Waals surface area contributed by atoms with E-state index in [-0.39, 0.29) is 29.9 Å². The van der Waals surface area contributed by atoms with Gasteiger partial charge in [0.2, 0.25) is 5.91 Å². The fourth-order valence-corrected chi connectivity index (χ4v) is 4.83. The number of nitrogens with one attached hydrogen (secondary N) is 1. The van der Waals surface area contributed by atoms with Gasteiger partial charge in [0.1, 0.15) is 12.3 Å². The van der Waals surface area contributed by atoms with Crippen molar-refractivity contribution in [2.45, 2.75) is 26.7 Å². The van der Waals surface area contributed by atoms with Crippen LogP contribution in [0.3, 0.4) is 0 Å². The minimum Gasteiger partial charge on any atom is -0.484 e. The van der Waals surface area contributed by atoms with Crippen LogP contribution in [0.4, 0.5) is 10.5 Å². The maximum atomic E-state index is 12.8. The quantitative estimate of drug-likeness (QED) is 0.561. The van der Waals surface area contributed by atoms with Crippen molar-refractivity contribution in [1.29, 1.82) is 0 Å². The van der Waals surface area contributed by atoms with Crippen LogP contribution < -0.4 is 10.1 Å². The molecule has 8 nitrogen and oxygen atoms in total. The first-order chi connectivity index (χ1) is 17.3. The molecular weight excluding hydrogens is 478 g/mol. The highest BCUT2D eigenvalue weighted by Crippen LogP contribution is 2.32. The smallest absolute Gasteiger partial charge is 0.294 e. The number of hydrogen-bond donors (Lipinski definition) is 1. The molecule has 2 aromatic rings. The molecule has 0 unspecified atom stereocenters. The zero-order valence-corrected chi connectivity index (χ0v) is 21.2. The predicted octanol–water partition coefficient (Wildman–Crippen LogP) is 4.31. The summed E-state index contributed by atoms with van der Waals surface area (Å²) >= 11 is 0.830. The Kier molecular flexibility index (Phi) is 8.10. The van der Waals surface area contributed by atoms with E-state index >= 15 is 0 Å². The van der Waals surface area contributed by atoms with E-state index in [0.717, 1.165) is 40.8 Å². The van der Waals surface area contributed by atoms with Gasteiger partial charge in [0.15, 0.2) is 6.61 Å². The highest BCUT2D eigenvalue weighted by atomic mass is 32.2. The average molecular weight is 508 g/mol. The number of nitrogens with zero attached hydrogens (tertiary/aromatic N) is 2. The Labute approximate surface area is 214 Å². The number of ether oxygens (including phenoxy) is 1. The van der Waals surface area contributed by atoms with Crippen LogP contribution in [0.1, 0.15) is 30.9 Å². The number of thioether (sulfide) groups is 1. The molecule has 4 amide bonds. The standard InChI is InChI=1S/C27H29N3O5S/c1-18-11-13-29(14-12-18)25(32)16-30-26(33)23(36-27(30)34)15-20-7-9-21(10-8-20)35-17-24(31)28-22-6-4-3-5-19(22)2/h3-10,15,18H,11-14,16-17H2,1-2H3,(H,28,31)/b23-15-. The van der Waals surface area contributed by atoms with Gasteiger partial charge in [0.25, 0.3) is 17.1 Å². The van der Waals surface area contributed by atoms with E-state index in [1.54, 1.807) is 35.2 Å². The summed E-state index contributed by atoms with van der Waals surface area (Å²) in [6, 6.07) is 14.4. The molecule has 188 valence electrons. The van der Waals surface area contributed by atoms with Crippen molar-refractivity contribution in [1.82, 2.24) is 9.80 Å². The maximum Gasteiger partial charge on any atom is 0.294 e. The van der Waals surface area contributed by atoms with Crippen molar-refractivity contribution >= 4 is 46.5 Å². The number of para-hydroxylation sites is 1. The van der Waals surface area contributed by atoms with E-state index in [2.05, 4.69) is 12.2 Å². The maximum absolute atomic E-state index is 12.8. The largest absolute Gasteiger partial charge is 0.484 e. The van der Waals surface area contributed by atoms with Gasteiger partial charge in [-0.05, 0) is 72.8 Å². The fourth-order valence-electron chi connectivity index (χ4n) is 3.99. The lowest BCUT2D eigenvalue weighted by atomic mass is 9.99. The third-order valence-electron chi connectivity index (χ3n) is 6.27. The summed E-state index contributed by atoms with van der Waals surface area (Å²) in [7, 11) is 0. The number of hydrogen-bond acceptors (Lipinski definition) is 6. The molecule has 9 heteroatoms. The van der Waals surface area contributed by atoms with E-state index in [1.807, 2.05) is 31.2 Å². The second-order valence-electron chi connectivity index (χ2n) is 9.05. The molecule has 36 heavy (non-hydrogen) atoms. The number of carbonyl (C=O) groups excluding carboxylic acids is 4. The molecule has 0 aromatic heterocycles. The number of imide groups is 1. The normalized spacial score (nSPS) is 17.6. The zero-order valence-electron chi connectivity index (χ0n) is 20.4. The van der Waals surface area contributed by atoms with Gasteiger partial charge in [-0.1, -0.05) is 37.3 Å². The Morgan fingerprint density at radius 3 is 2.47 bits per heavy atom. The summed E-state index contributed by atoms with van der Waals surface area (Å²) in [5.74, 6) is 0.161. The van der Waals surface area contributed by atoms with Gasteiger partial charge in [0, 0.05) is 18.8 Å². The van der Waals surface area contributed by atoms with E-state index < -0.39 is 11.1 Å². The van der Waals surface area contributed by atoms with Gasteiger partial charge in [-0.25, -0.2) is 0 Å². The summed E-state index contributed by atoms with van der Waals surface area (Å²) in [6.07, 6.45) is 3.49. The third kappa shape index (κ3) is 6.34. The monoisotopic (exact) mass is 507 g/mol. The number of amides is 4. The minimum absolute atomic E-state index is 0.142. The molecule has 0 atom stereocenters. The summed E-state index contributed by atoms with van der Waals surface area (Å²) < 4.78 is 5.56. The van der Waals surface area contributed by atoms with Crippen molar-refractivity contribution in [3.05, 3.63) is 64.6 Å². The van der Waals surface area contributed by atoms with Crippen molar-refractivity contribution in [3.63, 3.8) is 0 Å². The van der Waals surface area contributed by atoms with E-state index in [9.17, 15) is 19.2 Å². The molecule has 2 aromatic carbocycles. The Balaban J connectivity index is 1.30. The molecule has 2 aliphatic rings. The van der Waals surface area contributed by atoms with Gasteiger partial charge < -0.3 is 15.0 Å². The van der Waals surface area contributed by atoms with Crippen molar-refractivity contribution in [2.24, 2.45) is 5.92 Å². The molecule has 4 rings (SSSR count). The van der Waals surface area contributed by atoms with Crippen LogP contribution in [-0.4, -0.2) is 59.0 Å². The first-order valence-electron chi connectivity index (χ1n) is 11.9. The van der Waals surface area contributed by atoms with Gasteiger partial charge >= 0.3 is 0 Å². The number of piperidine rings is 1. The molecule has 0 radical (unpaired) electrons. The van der Waals surface area contributed by atoms with Gasteiger partial charge in [-0.15, -0.1) is 0 Å². The summed E-state index contributed by atoms with van der Waals surface area (Å²) in [4.78, 5) is 53.0. The van der Waals surface area contributed by atoms with Crippen molar-refractivity contribution < 1.29 is 23.9 Å². The average Bonchev–Trinajstić information content (AvgIpc) is 3.12. The molecule has 2 aliphatic heterocycles. The topological polar surface area (TPSA) is 96.0 Å². The second kappa shape index (κ2) is 11.4. The van der Waals surface area contributed by atoms with Crippen LogP contribution in [0.15, 0.2) is 53.4 Å². The predicted molar refractivity (Wildman–Crippen MR) is 139 cm³/mol. The number of likely N-dealkylation sites (tertiary alicyclic amines) is 1. The Hall–Kier alpha value is -3.59. The highest BCUT2D eigenvalue weighted by molar-refractivity contribution is 8.18. The molecule has 0 aliphatic carbocycles. The number of benzene rings is 2. The first kappa shape index (κ1) is 25.5. The zero-order chi connectivity index (χ0) is 25.7. The van der Waals surface area contributed by atoms with Crippen molar-refractivity contribution in [2.75, 3.05) is 31.6 Å². The lowest BCUT2D eigenvalue weighted by molar-refractivity contribution is -0.136. The van der Waals surface area contributed by atoms with E-state index in [0.29, 0.717) is 30.3 Å². The van der Waals surface area contributed by atoms with Gasteiger partial charge in [-0.2, -0.15) is 0 Å². The lowest BCUT2D eigenvalue weighted by Gasteiger charge is -2.31. The Bertz CT molecular complexity index is 1190. The highest BCUT2D eigenvalue weighted by Gasteiger charge is 2.37. The molecule has 0 spiro atoms. The molecule has 2 fully saturated rings. The molecule has 2 heterocycles. The van der Waals surface area contributed by atoms with Gasteiger partial charge in [0.05, 0.1) is 4.91 Å². The second-order valence-corrected chi connectivity index (χ2v) is 10.0. The summed E-state index contributed by atoms with van der Waals surface area (Å²) in [5.41, 5.74) is 2.40. The first-order valence-corrected chi connectivity index (χ1v) is 12.7. The van der Waals surface area contributed by atoms with Crippen LogP contribution >= 0.6 is 11.8 Å². The molecule has 0 bridgehead atoms. The third-order valence-corrected chi connectivity index (χ3v) is 7.18. The van der Waals surface area contributed by atoms with Crippen LogP contribution in [0.25, 0.3) is 6.08 Å². The van der Waals surface area contributed by atoms with Crippen LogP contribution in [0.5, 0.6) is 5.75 Å². The number of carbonyl (C=O) groups is 4. The van der Waals surface area contributed by atoms with Crippen LogP contribution in [0, 0.1) is 12.8 Å². The van der Waals surface area contributed by atoms with E-state index in [1.165, 1.54) is 0 Å². The van der Waals surface area contributed by atoms with Gasteiger partial charge in [-0.3, -0.25) is 24.1 Å². The number of rotatable bonds is 7. The minimum atomic E-state index is -0.461. The fraction of sp³-hybridized carbons (Fsp3) is 0.333. The molecule has 1 N–H and O–H groups in total. The van der Waals surface area contributed by atoms with Crippen LogP contribution in [0.2, 0.25) is 0 Å². The summed E-state index contributed by atoms with van der Waals surface area (Å²) in [5, 5.41) is 2.37. The molecule has 0 saturated carbocycles. The molecule has 2 saturated heterocycles. The lowest BCUT2D eigenvalue weighted by Crippen LogP contribution is -2.45. The van der Waals surface area contributed by atoms with Crippen molar-refractivity contribution in [3.8, 4) is 5.75 Å². The Morgan fingerprint density at radius 1 is 1.08 bits per heavy atom.